The van der Waals surface area contributed by atoms with Crippen molar-refractivity contribution in [3.63, 3.8) is 0 Å². The van der Waals surface area contributed by atoms with Crippen molar-refractivity contribution in [2.24, 2.45) is 0 Å². The molecule has 3 aromatic carbocycles. The number of fused-ring (bicyclic) bond motifs is 1. The van der Waals surface area contributed by atoms with Crippen LogP contribution in [-0.4, -0.2) is 16.1 Å². The first-order valence-corrected chi connectivity index (χ1v) is 9.22. The second-order valence-electron chi connectivity index (χ2n) is 5.98. The molecule has 0 aliphatic rings. The van der Waals surface area contributed by atoms with E-state index in [4.69, 9.17) is 4.74 Å². The fourth-order valence-electron chi connectivity index (χ4n) is 2.72. The van der Waals surface area contributed by atoms with Gasteiger partial charge in [0.25, 0.3) is 11.5 Å². The van der Waals surface area contributed by atoms with Crippen LogP contribution in [0.15, 0.2) is 82.1 Å². The number of benzene rings is 3. The van der Waals surface area contributed by atoms with E-state index in [-0.39, 0.29) is 11.3 Å². The number of anilines is 1. The lowest BCUT2D eigenvalue weighted by Gasteiger charge is -2.09. The minimum atomic E-state index is -0.408. The molecule has 0 radical (unpaired) electrons. The molecule has 4 rings (SSSR count). The van der Waals surface area contributed by atoms with Gasteiger partial charge in [0.2, 0.25) is 0 Å². The zero-order chi connectivity index (χ0) is 19.5. The van der Waals surface area contributed by atoms with Crippen molar-refractivity contribution >= 4 is 38.3 Å². The van der Waals surface area contributed by atoms with Crippen LogP contribution in [0.1, 0.15) is 10.5 Å². The molecule has 0 aliphatic carbocycles. The van der Waals surface area contributed by atoms with Gasteiger partial charge >= 0.3 is 0 Å². The largest absolute Gasteiger partial charge is 0.457 e. The first-order valence-electron chi connectivity index (χ1n) is 8.42. The fourth-order valence-corrected chi connectivity index (χ4v) is 2.99. The monoisotopic (exact) mass is 435 g/mol. The molecule has 1 aromatic heterocycles. The Bertz CT molecular complexity index is 1200. The number of nitrogens with one attached hydrogen (secondary N) is 2. The average Bonchev–Trinajstić information content (AvgIpc) is 2.71. The zero-order valence-corrected chi connectivity index (χ0v) is 16.1. The molecule has 0 saturated heterocycles. The van der Waals surface area contributed by atoms with Crippen LogP contribution >= 0.6 is 15.9 Å². The molecule has 6 nitrogen and oxygen atoms in total. The number of ether oxygens (including phenoxy) is 1. The lowest BCUT2D eigenvalue weighted by Crippen LogP contribution is -2.19. The number of aromatic amines is 1. The van der Waals surface area contributed by atoms with E-state index in [0.29, 0.717) is 28.0 Å². The molecule has 1 heterocycles. The molecule has 0 aliphatic heterocycles. The van der Waals surface area contributed by atoms with Gasteiger partial charge < -0.3 is 10.1 Å². The van der Waals surface area contributed by atoms with Crippen LogP contribution in [0.3, 0.4) is 0 Å². The Kier molecular flexibility index (Phi) is 4.90. The number of aromatic nitrogens is 2. The Hall–Kier alpha value is -3.45. The maximum Gasteiger partial charge on any atom is 0.276 e. The molecule has 138 valence electrons. The summed E-state index contributed by atoms with van der Waals surface area (Å²) < 4.78 is 6.74. The second-order valence-corrected chi connectivity index (χ2v) is 6.90. The molecule has 1 amide bonds. The topological polar surface area (TPSA) is 84.1 Å². The number of amides is 1. The number of nitrogens with zero attached hydrogens (tertiary/aromatic N) is 1. The second kappa shape index (κ2) is 7.66. The number of carbonyl (C=O) groups is 1. The molecule has 0 unspecified atom stereocenters. The highest BCUT2D eigenvalue weighted by Gasteiger charge is 2.14. The van der Waals surface area contributed by atoms with Gasteiger partial charge in [-0.25, -0.2) is 5.10 Å². The van der Waals surface area contributed by atoms with Crippen LogP contribution in [0.25, 0.3) is 10.8 Å². The number of carbonyl (C=O) groups excluding carboxylic acids is 1. The lowest BCUT2D eigenvalue weighted by molar-refractivity contribution is 0.102. The van der Waals surface area contributed by atoms with Gasteiger partial charge in [-0.05, 0) is 54.6 Å². The normalized spacial score (nSPS) is 10.6. The molecular weight excluding hydrogens is 422 g/mol. The maximum atomic E-state index is 12.6. The van der Waals surface area contributed by atoms with E-state index in [1.807, 2.05) is 24.3 Å². The summed E-state index contributed by atoms with van der Waals surface area (Å²) in [7, 11) is 0. The van der Waals surface area contributed by atoms with Crippen LogP contribution in [0.4, 0.5) is 5.69 Å². The molecule has 0 fully saturated rings. The predicted molar refractivity (Wildman–Crippen MR) is 111 cm³/mol. The summed E-state index contributed by atoms with van der Waals surface area (Å²) in [6, 6.07) is 21.3. The van der Waals surface area contributed by atoms with E-state index in [9.17, 15) is 9.59 Å². The number of hydrogen-bond donors (Lipinski definition) is 2. The van der Waals surface area contributed by atoms with Gasteiger partial charge in [-0.1, -0.05) is 34.1 Å². The van der Waals surface area contributed by atoms with Gasteiger partial charge in [0.15, 0.2) is 5.69 Å². The van der Waals surface area contributed by atoms with Crippen molar-refractivity contribution in [3.05, 3.63) is 93.3 Å². The van der Waals surface area contributed by atoms with Crippen LogP contribution in [-0.2, 0) is 0 Å². The van der Waals surface area contributed by atoms with Crippen LogP contribution in [0.5, 0.6) is 11.5 Å². The lowest BCUT2D eigenvalue weighted by atomic mass is 10.1. The van der Waals surface area contributed by atoms with Crippen LogP contribution in [0, 0.1) is 0 Å². The van der Waals surface area contributed by atoms with E-state index in [1.165, 1.54) is 0 Å². The Balaban J connectivity index is 1.52. The highest BCUT2D eigenvalue weighted by molar-refractivity contribution is 9.10. The summed E-state index contributed by atoms with van der Waals surface area (Å²) >= 11 is 3.38. The Morgan fingerprint density at radius 2 is 1.50 bits per heavy atom. The predicted octanol–water partition coefficient (Wildman–Crippen LogP) is 4.73. The molecule has 7 heteroatoms. The standard InChI is InChI=1S/C21H14BrN3O3/c22-13-5-9-15(10-6-13)28-16-11-7-14(8-12-16)23-21(27)19-17-3-1-2-4-18(17)20(26)25-24-19/h1-12H,(H,23,27)(H,25,26). The van der Waals surface area contributed by atoms with Crippen molar-refractivity contribution < 1.29 is 9.53 Å². The number of rotatable bonds is 4. The third-order valence-corrected chi connectivity index (χ3v) is 4.60. The summed E-state index contributed by atoms with van der Waals surface area (Å²) in [4.78, 5) is 24.5. The summed E-state index contributed by atoms with van der Waals surface area (Å²) in [5.41, 5.74) is 0.414. The van der Waals surface area contributed by atoms with Gasteiger partial charge in [0.05, 0.1) is 5.39 Å². The first kappa shape index (κ1) is 17.9. The van der Waals surface area contributed by atoms with Crippen LogP contribution in [0.2, 0.25) is 0 Å². The van der Waals surface area contributed by atoms with Crippen molar-refractivity contribution in [2.75, 3.05) is 5.32 Å². The third kappa shape index (κ3) is 3.79. The van der Waals surface area contributed by atoms with Gasteiger partial charge in [0.1, 0.15) is 11.5 Å². The fraction of sp³-hybridized carbons (Fsp3) is 0. The summed E-state index contributed by atoms with van der Waals surface area (Å²) in [5.74, 6) is 0.950. The average molecular weight is 436 g/mol. The number of halogens is 1. The smallest absolute Gasteiger partial charge is 0.276 e. The van der Waals surface area contributed by atoms with E-state index in [1.54, 1.807) is 48.5 Å². The summed E-state index contributed by atoms with van der Waals surface area (Å²) in [6.07, 6.45) is 0. The molecule has 0 saturated carbocycles. The van der Waals surface area contributed by atoms with Crippen molar-refractivity contribution in [1.29, 1.82) is 0 Å². The number of H-pyrrole nitrogens is 1. The first-order chi connectivity index (χ1) is 13.6. The van der Waals surface area contributed by atoms with E-state index in [2.05, 4.69) is 31.4 Å². The van der Waals surface area contributed by atoms with Crippen molar-refractivity contribution in [3.8, 4) is 11.5 Å². The van der Waals surface area contributed by atoms with Gasteiger partial charge in [-0.15, -0.1) is 0 Å². The SMILES string of the molecule is O=C(Nc1ccc(Oc2ccc(Br)cc2)cc1)c1n[nH]c(=O)c2ccccc12. The minimum Gasteiger partial charge on any atom is -0.457 e. The van der Waals surface area contributed by atoms with Gasteiger partial charge in [0, 0.05) is 15.5 Å². The van der Waals surface area contributed by atoms with Crippen molar-refractivity contribution in [2.45, 2.75) is 0 Å². The minimum absolute atomic E-state index is 0.158. The Morgan fingerprint density at radius 3 is 2.18 bits per heavy atom. The molecule has 28 heavy (non-hydrogen) atoms. The third-order valence-electron chi connectivity index (χ3n) is 4.07. The van der Waals surface area contributed by atoms with E-state index < -0.39 is 5.91 Å². The number of hydrogen-bond acceptors (Lipinski definition) is 4. The molecule has 2 N–H and O–H groups in total. The maximum absolute atomic E-state index is 12.6. The van der Waals surface area contributed by atoms with E-state index >= 15 is 0 Å². The van der Waals surface area contributed by atoms with Crippen LogP contribution < -0.4 is 15.6 Å². The molecule has 4 aromatic rings. The Morgan fingerprint density at radius 1 is 0.893 bits per heavy atom. The summed E-state index contributed by atoms with van der Waals surface area (Å²) in [6.45, 7) is 0. The highest BCUT2D eigenvalue weighted by Crippen LogP contribution is 2.25. The Labute approximate surface area is 168 Å². The zero-order valence-electron chi connectivity index (χ0n) is 14.5. The summed E-state index contributed by atoms with van der Waals surface area (Å²) in [5, 5.41) is 9.96. The quantitative estimate of drug-likeness (QED) is 0.485. The van der Waals surface area contributed by atoms with E-state index in [0.717, 1.165) is 4.47 Å². The highest BCUT2D eigenvalue weighted by atomic mass is 79.9. The molecule has 0 spiro atoms. The molecular formula is C21H14BrN3O3. The molecule has 0 atom stereocenters. The molecule has 0 bridgehead atoms. The van der Waals surface area contributed by atoms with Gasteiger partial charge in [-0.2, -0.15) is 5.10 Å². The van der Waals surface area contributed by atoms with Gasteiger partial charge in [-0.3, -0.25) is 9.59 Å². The van der Waals surface area contributed by atoms with Crippen molar-refractivity contribution in [1.82, 2.24) is 10.2 Å².